The Morgan fingerprint density at radius 1 is 1.40 bits per heavy atom. The summed E-state index contributed by atoms with van der Waals surface area (Å²) in [6.45, 7) is 0.293. The highest BCUT2D eigenvalue weighted by molar-refractivity contribution is 6.31. The number of carbonyl (C=O) groups is 1. The lowest BCUT2D eigenvalue weighted by Gasteiger charge is -2.25. The standard InChI is InChI=1S/C15H22ClN3O/c1-19(14-9-11(16)7-8-13(14)17)10-15(20)18-12-5-3-2-4-6-12/h7-9,12H,2-6,10,17H2,1H3,(H,18,20). The zero-order chi connectivity index (χ0) is 14.5. The molecule has 5 heteroatoms. The normalized spacial score (nSPS) is 15.9. The quantitative estimate of drug-likeness (QED) is 0.840. The first-order chi connectivity index (χ1) is 9.56. The topological polar surface area (TPSA) is 58.4 Å². The van der Waals surface area contributed by atoms with Crippen LogP contribution in [0.3, 0.4) is 0 Å². The monoisotopic (exact) mass is 295 g/mol. The number of nitrogens with two attached hydrogens (primary N) is 1. The van der Waals surface area contributed by atoms with E-state index in [9.17, 15) is 4.79 Å². The highest BCUT2D eigenvalue weighted by atomic mass is 35.5. The summed E-state index contributed by atoms with van der Waals surface area (Å²) in [6.07, 6.45) is 5.89. The molecular weight excluding hydrogens is 274 g/mol. The third-order valence-corrected chi connectivity index (χ3v) is 3.99. The van der Waals surface area contributed by atoms with Crippen molar-refractivity contribution in [1.29, 1.82) is 0 Å². The SMILES string of the molecule is CN(CC(=O)NC1CCCCC1)c1cc(Cl)ccc1N. The lowest BCUT2D eigenvalue weighted by atomic mass is 9.95. The van der Waals surface area contributed by atoms with Gasteiger partial charge in [0.15, 0.2) is 0 Å². The molecule has 0 bridgehead atoms. The summed E-state index contributed by atoms with van der Waals surface area (Å²) < 4.78 is 0. The van der Waals surface area contributed by atoms with Gasteiger partial charge in [-0.05, 0) is 31.0 Å². The van der Waals surface area contributed by atoms with E-state index in [2.05, 4.69) is 5.32 Å². The van der Waals surface area contributed by atoms with Gasteiger partial charge in [0.25, 0.3) is 0 Å². The predicted octanol–water partition coefficient (Wildman–Crippen LogP) is 2.81. The van der Waals surface area contributed by atoms with E-state index in [0.717, 1.165) is 18.5 Å². The van der Waals surface area contributed by atoms with Gasteiger partial charge < -0.3 is 16.0 Å². The van der Waals surface area contributed by atoms with Crippen molar-refractivity contribution >= 4 is 28.9 Å². The number of carbonyl (C=O) groups excluding carboxylic acids is 1. The zero-order valence-electron chi connectivity index (χ0n) is 11.9. The van der Waals surface area contributed by atoms with Gasteiger partial charge in [-0.1, -0.05) is 30.9 Å². The molecule has 1 aliphatic carbocycles. The molecule has 0 spiro atoms. The molecule has 2 rings (SSSR count). The minimum absolute atomic E-state index is 0.0405. The van der Waals surface area contributed by atoms with Crippen molar-refractivity contribution in [3.8, 4) is 0 Å². The second-order valence-corrected chi connectivity index (χ2v) is 5.90. The minimum atomic E-state index is 0.0405. The minimum Gasteiger partial charge on any atom is -0.397 e. The number of halogens is 1. The summed E-state index contributed by atoms with van der Waals surface area (Å²) >= 11 is 5.97. The maximum absolute atomic E-state index is 12.1. The maximum atomic E-state index is 12.1. The smallest absolute Gasteiger partial charge is 0.239 e. The molecule has 0 aromatic heterocycles. The second kappa shape index (κ2) is 6.84. The molecule has 3 N–H and O–H groups in total. The summed E-state index contributed by atoms with van der Waals surface area (Å²) in [7, 11) is 1.85. The number of nitrogens with one attached hydrogen (secondary N) is 1. The van der Waals surface area contributed by atoms with Crippen LogP contribution >= 0.6 is 11.6 Å². The van der Waals surface area contributed by atoms with Gasteiger partial charge in [0, 0.05) is 18.1 Å². The van der Waals surface area contributed by atoms with Crippen LogP contribution in [-0.4, -0.2) is 25.5 Å². The summed E-state index contributed by atoms with van der Waals surface area (Å²) in [6, 6.07) is 5.62. The Morgan fingerprint density at radius 3 is 2.80 bits per heavy atom. The van der Waals surface area contributed by atoms with Crippen LogP contribution in [0.2, 0.25) is 5.02 Å². The van der Waals surface area contributed by atoms with Gasteiger partial charge in [-0.3, -0.25) is 4.79 Å². The first-order valence-corrected chi connectivity index (χ1v) is 7.49. The molecule has 1 saturated carbocycles. The number of anilines is 2. The van der Waals surface area contributed by atoms with Crippen molar-refractivity contribution in [3.63, 3.8) is 0 Å². The molecule has 0 unspecified atom stereocenters. The van der Waals surface area contributed by atoms with Gasteiger partial charge in [0.05, 0.1) is 17.9 Å². The molecule has 0 saturated heterocycles. The van der Waals surface area contributed by atoms with E-state index in [1.807, 2.05) is 11.9 Å². The van der Waals surface area contributed by atoms with Crippen molar-refractivity contribution in [2.45, 2.75) is 38.1 Å². The van der Waals surface area contributed by atoms with Crippen LogP contribution in [-0.2, 0) is 4.79 Å². The Balaban J connectivity index is 1.91. The molecular formula is C15H22ClN3O. The van der Waals surface area contributed by atoms with Gasteiger partial charge in [-0.15, -0.1) is 0 Å². The van der Waals surface area contributed by atoms with E-state index in [-0.39, 0.29) is 5.91 Å². The molecule has 20 heavy (non-hydrogen) atoms. The number of likely N-dealkylation sites (N-methyl/N-ethyl adjacent to an activating group) is 1. The summed E-state index contributed by atoms with van der Waals surface area (Å²) in [4.78, 5) is 13.9. The highest BCUT2D eigenvalue weighted by Gasteiger charge is 2.17. The zero-order valence-corrected chi connectivity index (χ0v) is 12.6. The average molecular weight is 296 g/mol. The molecule has 0 radical (unpaired) electrons. The fourth-order valence-electron chi connectivity index (χ4n) is 2.67. The molecule has 110 valence electrons. The molecule has 0 atom stereocenters. The van der Waals surface area contributed by atoms with Crippen LogP contribution in [0.5, 0.6) is 0 Å². The highest BCUT2D eigenvalue weighted by Crippen LogP contribution is 2.25. The lowest BCUT2D eigenvalue weighted by Crippen LogP contribution is -2.42. The molecule has 1 aromatic carbocycles. The Kier molecular flexibility index (Phi) is 5.12. The van der Waals surface area contributed by atoms with Crippen molar-refractivity contribution in [2.75, 3.05) is 24.2 Å². The number of hydrogen-bond donors (Lipinski definition) is 2. The number of rotatable bonds is 4. The van der Waals surface area contributed by atoms with Crippen LogP contribution in [0, 0.1) is 0 Å². The fourth-order valence-corrected chi connectivity index (χ4v) is 2.83. The molecule has 0 heterocycles. The maximum Gasteiger partial charge on any atom is 0.239 e. The Morgan fingerprint density at radius 2 is 2.10 bits per heavy atom. The van der Waals surface area contributed by atoms with E-state index in [4.69, 9.17) is 17.3 Å². The molecule has 0 aliphatic heterocycles. The molecule has 1 amide bonds. The summed E-state index contributed by atoms with van der Waals surface area (Å²) in [5, 5.41) is 3.72. The van der Waals surface area contributed by atoms with Gasteiger partial charge in [-0.2, -0.15) is 0 Å². The Bertz CT molecular complexity index is 472. The lowest BCUT2D eigenvalue weighted by molar-refractivity contribution is -0.120. The number of amides is 1. The van der Waals surface area contributed by atoms with Crippen LogP contribution in [0.15, 0.2) is 18.2 Å². The Hall–Kier alpha value is -1.42. The van der Waals surface area contributed by atoms with Crippen LogP contribution in [0.4, 0.5) is 11.4 Å². The van der Waals surface area contributed by atoms with Crippen LogP contribution in [0.1, 0.15) is 32.1 Å². The first-order valence-electron chi connectivity index (χ1n) is 7.12. The van der Waals surface area contributed by atoms with E-state index >= 15 is 0 Å². The summed E-state index contributed by atoms with van der Waals surface area (Å²) in [5.41, 5.74) is 7.33. The Labute approximate surface area is 125 Å². The van der Waals surface area contributed by atoms with Crippen molar-refractivity contribution in [3.05, 3.63) is 23.2 Å². The van der Waals surface area contributed by atoms with Crippen molar-refractivity contribution in [2.24, 2.45) is 0 Å². The van der Waals surface area contributed by atoms with E-state index in [0.29, 0.717) is 23.3 Å². The number of benzene rings is 1. The number of nitrogens with zero attached hydrogens (tertiary/aromatic N) is 1. The van der Waals surface area contributed by atoms with E-state index in [1.165, 1.54) is 19.3 Å². The van der Waals surface area contributed by atoms with Crippen molar-refractivity contribution in [1.82, 2.24) is 5.32 Å². The number of nitrogen functional groups attached to an aromatic ring is 1. The molecule has 1 aliphatic rings. The van der Waals surface area contributed by atoms with Gasteiger partial charge in [0.1, 0.15) is 0 Å². The fraction of sp³-hybridized carbons (Fsp3) is 0.533. The first kappa shape index (κ1) is 15.0. The van der Waals surface area contributed by atoms with E-state index < -0.39 is 0 Å². The number of hydrogen-bond acceptors (Lipinski definition) is 3. The van der Waals surface area contributed by atoms with Gasteiger partial charge in [0.2, 0.25) is 5.91 Å². The van der Waals surface area contributed by atoms with Crippen molar-refractivity contribution < 1.29 is 4.79 Å². The van der Waals surface area contributed by atoms with Gasteiger partial charge in [-0.25, -0.2) is 0 Å². The van der Waals surface area contributed by atoms with Gasteiger partial charge >= 0.3 is 0 Å². The van der Waals surface area contributed by atoms with Crippen LogP contribution < -0.4 is 16.0 Å². The summed E-state index contributed by atoms with van der Waals surface area (Å²) in [5.74, 6) is 0.0405. The van der Waals surface area contributed by atoms with E-state index in [1.54, 1.807) is 18.2 Å². The third kappa shape index (κ3) is 4.04. The third-order valence-electron chi connectivity index (χ3n) is 3.75. The second-order valence-electron chi connectivity index (χ2n) is 5.46. The molecule has 4 nitrogen and oxygen atoms in total. The van der Waals surface area contributed by atoms with Crippen LogP contribution in [0.25, 0.3) is 0 Å². The molecule has 1 aromatic rings. The predicted molar refractivity (Wildman–Crippen MR) is 84.2 cm³/mol. The average Bonchev–Trinajstić information content (AvgIpc) is 2.42. The largest absolute Gasteiger partial charge is 0.397 e. The molecule has 1 fully saturated rings.